The molecule has 0 aliphatic carbocycles. The van der Waals surface area contributed by atoms with Crippen LogP contribution in [0.15, 0.2) is 54.7 Å². The molecule has 1 aromatic heterocycles. The molecular weight excluding hydrogens is 348 g/mol. The second kappa shape index (κ2) is 8.49. The Morgan fingerprint density at radius 2 is 1.92 bits per heavy atom. The van der Waals surface area contributed by atoms with Crippen LogP contribution in [0.2, 0.25) is 0 Å². The zero-order valence-electron chi connectivity index (χ0n) is 14.7. The van der Waals surface area contributed by atoms with Gasteiger partial charge in [0.25, 0.3) is 5.91 Å². The van der Waals surface area contributed by atoms with Gasteiger partial charge >= 0.3 is 0 Å². The second-order valence-electron chi connectivity index (χ2n) is 5.81. The topological polar surface area (TPSA) is 60.5 Å². The average molecular weight is 368 g/mol. The van der Waals surface area contributed by atoms with E-state index in [1.807, 2.05) is 12.1 Å². The first-order valence-electron chi connectivity index (χ1n) is 8.19. The van der Waals surface area contributed by atoms with Crippen molar-refractivity contribution >= 4 is 22.4 Å². The summed E-state index contributed by atoms with van der Waals surface area (Å²) in [6.45, 7) is 1.98. The van der Waals surface area contributed by atoms with E-state index >= 15 is 0 Å². The summed E-state index contributed by atoms with van der Waals surface area (Å²) >= 11 is 1.47. The van der Waals surface area contributed by atoms with Crippen LogP contribution in [0.5, 0.6) is 11.5 Å². The van der Waals surface area contributed by atoms with E-state index in [1.165, 1.54) is 22.5 Å². The molecule has 1 heterocycles. The largest absolute Gasteiger partial charge is 0.497 e. The van der Waals surface area contributed by atoms with Gasteiger partial charge in [0.1, 0.15) is 11.5 Å². The molecule has 5 nitrogen and oxygen atoms in total. The monoisotopic (exact) mass is 368 g/mol. The molecule has 26 heavy (non-hydrogen) atoms. The van der Waals surface area contributed by atoms with E-state index in [9.17, 15) is 4.79 Å². The number of methoxy groups -OCH3 is 1. The Labute approximate surface area is 156 Å². The first kappa shape index (κ1) is 17.9. The Morgan fingerprint density at radius 3 is 2.69 bits per heavy atom. The minimum absolute atomic E-state index is 0.0833. The number of anilines is 1. The van der Waals surface area contributed by atoms with Gasteiger partial charge in [0.05, 0.1) is 7.11 Å². The van der Waals surface area contributed by atoms with Gasteiger partial charge in [-0.15, -0.1) is 11.3 Å². The standard InChI is InChI=1S/C20H20N2O3S/c1-14-6-8-15(9-7-14)10-18-12-21-20(26-18)22-19(23)13-25-17-5-3-4-16(11-17)24-2/h3-9,11-12H,10,13H2,1-2H3,(H,21,22,23). The van der Waals surface area contributed by atoms with Crippen LogP contribution >= 0.6 is 11.3 Å². The van der Waals surface area contributed by atoms with E-state index in [1.54, 1.807) is 25.4 Å². The maximum absolute atomic E-state index is 12.0. The van der Waals surface area contributed by atoms with E-state index in [-0.39, 0.29) is 12.5 Å². The lowest BCUT2D eigenvalue weighted by atomic mass is 10.1. The fourth-order valence-electron chi connectivity index (χ4n) is 2.35. The highest BCUT2D eigenvalue weighted by atomic mass is 32.1. The van der Waals surface area contributed by atoms with E-state index in [0.717, 1.165) is 11.3 Å². The lowest BCUT2D eigenvalue weighted by Crippen LogP contribution is -2.19. The second-order valence-corrected chi connectivity index (χ2v) is 6.93. The number of hydrogen-bond donors (Lipinski definition) is 1. The van der Waals surface area contributed by atoms with Gasteiger partial charge in [0.2, 0.25) is 0 Å². The maximum Gasteiger partial charge on any atom is 0.264 e. The zero-order chi connectivity index (χ0) is 18.4. The summed E-state index contributed by atoms with van der Waals surface area (Å²) in [6.07, 6.45) is 2.59. The van der Waals surface area contributed by atoms with Crippen molar-refractivity contribution in [2.45, 2.75) is 13.3 Å². The highest BCUT2D eigenvalue weighted by Crippen LogP contribution is 2.22. The minimum atomic E-state index is -0.246. The zero-order valence-corrected chi connectivity index (χ0v) is 15.5. The quantitative estimate of drug-likeness (QED) is 0.683. The van der Waals surface area contributed by atoms with Crippen LogP contribution in [0.1, 0.15) is 16.0 Å². The fraction of sp³-hybridized carbons (Fsp3) is 0.200. The van der Waals surface area contributed by atoms with Crippen LogP contribution < -0.4 is 14.8 Å². The number of benzene rings is 2. The predicted molar refractivity (Wildman–Crippen MR) is 103 cm³/mol. The summed E-state index contributed by atoms with van der Waals surface area (Å²) in [4.78, 5) is 17.4. The minimum Gasteiger partial charge on any atom is -0.497 e. The summed E-state index contributed by atoms with van der Waals surface area (Å²) in [6, 6.07) is 15.5. The summed E-state index contributed by atoms with van der Waals surface area (Å²) in [5, 5.41) is 3.34. The molecule has 0 fully saturated rings. The molecule has 3 aromatic rings. The van der Waals surface area contributed by atoms with Crippen molar-refractivity contribution in [3.63, 3.8) is 0 Å². The Bertz CT molecular complexity index is 875. The molecule has 0 spiro atoms. The van der Waals surface area contributed by atoms with Gasteiger partial charge in [-0.25, -0.2) is 4.98 Å². The van der Waals surface area contributed by atoms with Crippen LogP contribution in [0.4, 0.5) is 5.13 Å². The molecule has 1 N–H and O–H groups in total. The van der Waals surface area contributed by atoms with Crippen LogP contribution in [-0.4, -0.2) is 24.6 Å². The van der Waals surface area contributed by atoms with Crippen molar-refractivity contribution < 1.29 is 14.3 Å². The molecule has 0 saturated carbocycles. The Morgan fingerprint density at radius 1 is 1.15 bits per heavy atom. The van der Waals surface area contributed by atoms with Crippen LogP contribution in [0.25, 0.3) is 0 Å². The Kier molecular flexibility index (Phi) is 5.86. The lowest BCUT2D eigenvalue weighted by molar-refractivity contribution is -0.118. The van der Waals surface area contributed by atoms with E-state index < -0.39 is 0 Å². The van der Waals surface area contributed by atoms with Crippen LogP contribution in [0.3, 0.4) is 0 Å². The summed E-state index contributed by atoms with van der Waals surface area (Å²) in [5.74, 6) is 1.02. The number of ether oxygens (including phenoxy) is 2. The molecule has 0 radical (unpaired) electrons. The number of carbonyl (C=O) groups is 1. The van der Waals surface area contributed by atoms with Crippen molar-refractivity contribution in [2.75, 3.05) is 19.0 Å². The number of thiazole rings is 1. The molecular formula is C20H20N2O3S. The van der Waals surface area contributed by atoms with Gasteiger partial charge in [0, 0.05) is 23.6 Å². The number of aromatic nitrogens is 1. The SMILES string of the molecule is COc1cccc(OCC(=O)Nc2ncc(Cc3ccc(C)cc3)s2)c1. The number of nitrogens with one attached hydrogen (secondary N) is 1. The van der Waals surface area contributed by atoms with Crippen LogP contribution in [-0.2, 0) is 11.2 Å². The average Bonchev–Trinajstić information content (AvgIpc) is 3.09. The Balaban J connectivity index is 1.51. The van der Waals surface area contributed by atoms with E-state index in [2.05, 4.69) is 41.5 Å². The molecule has 3 rings (SSSR count). The van der Waals surface area contributed by atoms with Crippen molar-refractivity contribution in [1.82, 2.24) is 4.98 Å². The smallest absolute Gasteiger partial charge is 0.264 e. The number of amides is 1. The van der Waals surface area contributed by atoms with Crippen LogP contribution in [0, 0.1) is 6.92 Å². The molecule has 0 atom stereocenters. The third-order valence-corrected chi connectivity index (χ3v) is 4.62. The molecule has 1 amide bonds. The number of carbonyl (C=O) groups excluding carboxylic acids is 1. The number of hydrogen-bond acceptors (Lipinski definition) is 5. The first-order valence-corrected chi connectivity index (χ1v) is 9.01. The molecule has 0 saturated heterocycles. The van der Waals surface area contributed by atoms with Crippen molar-refractivity contribution in [3.8, 4) is 11.5 Å². The molecule has 0 aliphatic rings. The maximum atomic E-state index is 12.0. The summed E-state index contributed by atoms with van der Waals surface area (Å²) in [7, 11) is 1.59. The predicted octanol–water partition coefficient (Wildman–Crippen LogP) is 4.07. The van der Waals surface area contributed by atoms with Gasteiger partial charge in [-0.05, 0) is 24.6 Å². The third-order valence-electron chi connectivity index (χ3n) is 3.71. The fourth-order valence-corrected chi connectivity index (χ4v) is 3.21. The van der Waals surface area contributed by atoms with Crippen molar-refractivity contribution in [3.05, 3.63) is 70.7 Å². The normalized spacial score (nSPS) is 10.4. The summed E-state index contributed by atoms with van der Waals surface area (Å²) in [5.41, 5.74) is 2.46. The highest BCUT2D eigenvalue weighted by molar-refractivity contribution is 7.15. The number of nitrogens with zero attached hydrogens (tertiary/aromatic N) is 1. The Hall–Kier alpha value is -2.86. The molecule has 0 aliphatic heterocycles. The highest BCUT2D eigenvalue weighted by Gasteiger charge is 2.08. The van der Waals surface area contributed by atoms with Crippen molar-refractivity contribution in [1.29, 1.82) is 0 Å². The number of rotatable bonds is 7. The lowest BCUT2D eigenvalue weighted by Gasteiger charge is -2.07. The number of aryl methyl sites for hydroxylation is 1. The molecule has 0 unspecified atom stereocenters. The van der Waals surface area contributed by atoms with Gasteiger partial charge in [0.15, 0.2) is 11.7 Å². The van der Waals surface area contributed by atoms with E-state index in [0.29, 0.717) is 16.6 Å². The molecule has 0 bridgehead atoms. The van der Waals surface area contributed by atoms with Gasteiger partial charge in [-0.3, -0.25) is 10.1 Å². The van der Waals surface area contributed by atoms with Gasteiger partial charge in [-0.1, -0.05) is 35.9 Å². The molecule has 134 valence electrons. The molecule has 2 aromatic carbocycles. The van der Waals surface area contributed by atoms with Crippen molar-refractivity contribution in [2.24, 2.45) is 0 Å². The first-order chi connectivity index (χ1) is 12.6. The van der Waals surface area contributed by atoms with E-state index in [4.69, 9.17) is 9.47 Å². The van der Waals surface area contributed by atoms with Gasteiger partial charge in [-0.2, -0.15) is 0 Å². The summed E-state index contributed by atoms with van der Waals surface area (Å²) < 4.78 is 10.6. The molecule has 6 heteroatoms. The third kappa shape index (κ3) is 5.07. The van der Waals surface area contributed by atoms with Gasteiger partial charge < -0.3 is 9.47 Å².